The maximum absolute atomic E-state index is 5.49. The fraction of sp³-hybridized carbons (Fsp3) is 0.600. The Morgan fingerprint density at radius 2 is 2.06 bits per heavy atom. The van der Waals surface area contributed by atoms with E-state index in [-0.39, 0.29) is 0 Å². The number of ether oxygens (including phenoxy) is 1. The molecule has 0 radical (unpaired) electrons. The van der Waals surface area contributed by atoms with Crippen molar-refractivity contribution in [2.24, 2.45) is 0 Å². The molecule has 1 saturated heterocycles. The van der Waals surface area contributed by atoms with Crippen LogP contribution in [-0.2, 0) is 0 Å². The van der Waals surface area contributed by atoms with Crippen molar-refractivity contribution in [2.45, 2.75) is 26.2 Å². The number of likely N-dealkylation sites (tertiary alicyclic amines) is 1. The van der Waals surface area contributed by atoms with E-state index in [1.807, 2.05) is 19.1 Å². The molecule has 2 rings (SSSR count). The Labute approximate surface area is 110 Å². The van der Waals surface area contributed by atoms with Crippen molar-refractivity contribution in [1.29, 1.82) is 0 Å². The minimum atomic E-state index is 0.719. The molecule has 100 valence electrons. The Balaban J connectivity index is 1.73. The summed E-state index contributed by atoms with van der Waals surface area (Å²) in [4.78, 5) is 2.54. The van der Waals surface area contributed by atoms with Gasteiger partial charge in [-0.3, -0.25) is 0 Å². The van der Waals surface area contributed by atoms with Crippen molar-refractivity contribution in [3.8, 4) is 5.75 Å². The van der Waals surface area contributed by atoms with Crippen LogP contribution >= 0.6 is 0 Å². The van der Waals surface area contributed by atoms with Gasteiger partial charge in [-0.1, -0.05) is 12.5 Å². The Bertz CT molecular complexity index is 348. The quantitative estimate of drug-likeness (QED) is 0.837. The third-order valence-electron chi connectivity index (χ3n) is 3.35. The highest BCUT2D eigenvalue weighted by Gasteiger charge is 2.08. The molecule has 1 fully saturated rings. The van der Waals surface area contributed by atoms with E-state index in [1.165, 1.54) is 32.4 Å². The van der Waals surface area contributed by atoms with Crippen molar-refractivity contribution in [3.05, 3.63) is 24.3 Å². The van der Waals surface area contributed by atoms with Crippen molar-refractivity contribution in [2.75, 3.05) is 38.1 Å². The van der Waals surface area contributed by atoms with E-state index in [2.05, 4.69) is 22.3 Å². The molecule has 0 saturated carbocycles. The second kappa shape index (κ2) is 7.27. The zero-order chi connectivity index (χ0) is 12.6. The second-order valence-electron chi connectivity index (χ2n) is 4.79. The van der Waals surface area contributed by atoms with Gasteiger partial charge in [-0.25, -0.2) is 0 Å². The van der Waals surface area contributed by atoms with Gasteiger partial charge in [0.1, 0.15) is 5.75 Å². The van der Waals surface area contributed by atoms with Crippen molar-refractivity contribution in [3.63, 3.8) is 0 Å². The maximum Gasteiger partial charge on any atom is 0.121 e. The van der Waals surface area contributed by atoms with Crippen LogP contribution in [0.4, 0.5) is 5.69 Å². The van der Waals surface area contributed by atoms with E-state index in [1.54, 1.807) is 0 Å². The molecule has 1 aliphatic rings. The average molecular weight is 248 g/mol. The molecule has 18 heavy (non-hydrogen) atoms. The first-order valence-electron chi connectivity index (χ1n) is 7.07. The van der Waals surface area contributed by atoms with E-state index >= 15 is 0 Å². The maximum atomic E-state index is 5.49. The lowest BCUT2D eigenvalue weighted by atomic mass is 10.1. The van der Waals surface area contributed by atoms with Crippen LogP contribution in [0.3, 0.4) is 0 Å². The van der Waals surface area contributed by atoms with Crippen molar-refractivity contribution >= 4 is 5.69 Å². The van der Waals surface area contributed by atoms with Crippen LogP contribution in [0.5, 0.6) is 5.75 Å². The summed E-state index contributed by atoms with van der Waals surface area (Å²) in [5.41, 5.74) is 1.15. The molecule has 1 heterocycles. The van der Waals surface area contributed by atoms with Gasteiger partial charge >= 0.3 is 0 Å². The molecular formula is C15H24N2O. The largest absolute Gasteiger partial charge is 0.494 e. The molecule has 0 aliphatic carbocycles. The summed E-state index contributed by atoms with van der Waals surface area (Å²) in [5.74, 6) is 0.945. The first-order valence-corrected chi connectivity index (χ1v) is 7.07. The number of hydrogen-bond acceptors (Lipinski definition) is 3. The number of hydrogen-bond donors (Lipinski definition) is 1. The highest BCUT2D eigenvalue weighted by molar-refractivity contribution is 5.48. The lowest BCUT2D eigenvalue weighted by Crippen LogP contribution is -2.33. The Kier molecular flexibility index (Phi) is 5.34. The predicted octanol–water partition coefficient (Wildman–Crippen LogP) is 2.98. The third kappa shape index (κ3) is 4.22. The smallest absolute Gasteiger partial charge is 0.121 e. The summed E-state index contributed by atoms with van der Waals surface area (Å²) in [6.07, 6.45) is 4.12. The molecule has 3 nitrogen and oxygen atoms in total. The normalized spacial score (nSPS) is 16.5. The Hall–Kier alpha value is -1.22. The molecule has 1 aromatic rings. The van der Waals surface area contributed by atoms with E-state index in [0.29, 0.717) is 0 Å². The predicted molar refractivity (Wildman–Crippen MR) is 76.4 cm³/mol. The van der Waals surface area contributed by atoms with Crippen LogP contribution in [0.25, 0.3) is 0 Å². The van der Waals surface area contributed by atoms with Gasteiger partial charge in [-0.15, -0.1) is 0 Å². The van der Waals surface area contributed by atoms with Crippen LogP contribution in [0, 0.1) is 0 Å². The molecular weight excluding hydrogens is 224 g/mol. The number of anilines is 1. The zero-order valence-corrected chi connectivity index (χ0v) is 11.3. The standard InChI is InChI=1S/C15H24N2O/c1-2-18-15-8-6-7-14(13-15)16-9-12-17-10-4-3-5-11-17/h6-8,13,16H,2-5,9-12H2,1H3. The van der Waals surface area contributed by atoms with E-state index in [0.717, 1.165) is 31.1 Å². The van der Waals surface area contributed by atoms with Crippen LogP contribution in [0.1, 0.15) is 26.2 Å². The van der Waals surface area contributed by atoms with E-state index in [4.69, 9.17) is 4.74 Å². The van der Waals surface area contributed by atoms with Crippen LogP contribution < -0.4 is 10.1 Å². The fourth-order valence-corrected chi connectivity index (χ4v) is 2.40. The number of piperidine rings is 1. The van der Waals surface area contributed by atoms with Crippen LogP contribution in [0.15, 0.2) is 24.3 Å². The molecule has 1 N–H and O–H groups in total. The minimum Gasteiger partial charge on any atom is -0.494 e. The summed E-state index contributed by atoms with van der Waals surface area (Å²) in [5, 5.41) is 3.47. The van der Waals surface area contributed by atoms with E-state index in [9.17, 15) is 0 Å². The monoisotopic (exact) mass is 248 g/mol. The molecule has 1 aromatic carbocycles. The van der Waals surface area contributed by atoms with Gasteiger partial charge < -0.3 is 15.0 Å². The summed E-state index contributed by atoms with van der Waals surface area (Å²) in [7, 11) is 0. The molecule has 0 spiro atoms. The summed E-state index contributed by atoms with van der Waals surface area (Å²) < 4.78 is 5.49. The van der Waals surface area contributed by atoms with Crippen LogP contribution in [-0.4, -0.2) is 37.7 Å². The highest BCUT2D eigenvalue weighted by Crippen LogP contribution is 2.17. The average Bonchev–Trinajstić information content (AvgIpc) is 2.41. The SMILES string of the molecule is CCOc1cccc(NCCN2CCCCC2)c1. The molecule has 0 unspecified atom stereocenters. The van der Waals surface area contributed by atoms with Gasteiger partial charge in [0.15, 0.2) is 0 Å². The van der Waals surface area contributed by atoms with Gasteiger partial charge in [-0.2, -0.15) is 0 Å². The molecule has 1 aliphatic heterocycles. The number of nitrogens with one attached hydrogen (secondary N) is 1. The van der Waals surface area contributed by atoms with E-state index < -0.39 is 0 Å². The summed E-state index contributed by atoms with van der Waals surface area (Å²) in [6, 6.07) is 8.20. The lowest BCUT2D eigenvalue weighted by molar-refractivity contribution is 0.237. The topological polar surface area (TPSA) is 24.5 Å². The highest BCUT2D eigenvalue weighted by atomic mass is 16.5. The second-order valence-corrected chi connectivity index (χ2v) is 4.79. The van der Waals surface area contributed by atoms with Gasteiger partial charge in [-0.05, 0) is 45.0 Å². The van der Waals surface area contributed by atoms with Gasteiger partial charge in [0, 0.05) is 24.8 Å². The molecule has 0 aromatic heterocycles. The summed E-state index contributed by atoms with van der Waals surface area (Å²) in [6.45, 7) is 7.41. The number of benzene rings is 1. The first-order chi connectivity index (χ1) is 8.88. The fourth-order valence-electron chi connectivity index (χ4n) is 2.40. The molecule has 3 heteroatoms. The van der Waals surface area contributed by atoms with Crippen molar-refractivity contribution < 1.29 is 4.74 Å². The van der Waals surface area contributed by atoms with Gasteiger partial charge in [0.05, 0.1) is 6.61 Å². The first kappa shape index (κ1) is 13.2. The lowest BCUT2D eigenvalue weighted by Gasteiger charge is -2.26. The Morgan fingerprint density at radius 3 is 2.83 bits per heavy atom. The third-order valence-corrected chi connectivity index (χ3v) is 3.35. The van der Waals surface area contributed by atoms with Gasteiger partial charge in [0.25, 0.3) is 0 Å². The van der Waals surface area contributed by atoms with Crippen molar-refractivity contribution in [1.82, 2.24) is 4.90 Å². The Morgan fingerprint density at radius 1 is 1.22 bits per heavy atom. The van der Waals surface area contributed by atoms with Crippen LogP contribution in [0.2, 0.25) is 0 Å². The minimum absolute atomic E-state index is 0.719. The summed E-state index contributed by atoms with van der Waals surface area (Å²) >= 11 is 0. The van der Waals surface area contributed by atoms with Gasteiger partial charge in [0.2, 0.25) is 0 Å². The molecule has 0 amide bonds. The molecule has 0 bridgehead atoms. The zero-order valence-electron chi connectivity index (χ0n) is 11.3. The molecule has 0 atom stereocenters. The number of nitrogens with zero attached hydrogens (tertiary/aromatic N) is 1. The number of rotatable bonds is 6.